The Kier molecular flexibility index (Phi) is 5.24. The first kappa shape index (κ1) is 16.4. The zero-order valence-electron chi connectivity index (χ0n) is 12.3. The van der Waals surface area contributed by atoms with Crippen molar-refractivity contribution in [3.05, 3.63) is 23.2 Å². The van der Waals surface area contributed by atoms with E-state index in [0.29, 0.717) is 22.5 Å². The van der Waals surface area contributed by atoms with Gasteiger partial charge >= 0.3 is 0 Å². The molecule has 0 bridgehead atoms. The van der Waals surface area contributed by atoms with Gasteiger partial charge in [0.05, 0.1) is 17.9 Å². The van der Waals surface area contributed by atoms with E-state index in [-0.39, 0.29) is 11.7 Å². The third-order valence-corrected chi connectivity index (χ3v) is 5.36. The number of carbonyl (C=O) groups is 1. The first-order chi connectivity index (χ1) is 11.1. The zero-order chi connectivity index (χ0) is 16.2. The minimum atomic E-state index is -0.122. The van der Waals surface area contributed by atoms with E-state index in [1.54, 1.807) is 25.3 Å². The van der Waals surface area contributed by atoms with Crippen LogP contribution in [-0.2, 0) is 4.79 Å². The second kappa shape index (κ2) is 7.37. The molecule has 122 valence electrons. The summed E-state index contributed by atoms with van der Waals surface area (Å²) < 4.78 is 5.85. The fourth-order valence-electron chi connectivity index (χ4n) is 1.80. The Hall–Kier alpha value is -1.51. The number of methoxy groups -OCH3 is 1. The van der Waals surface area contributed by atoms with E-state index in [2.05, 4.69) is 20.8 Å². The minimum Gasteiger partial charge on any atom is -0.495 e. The van der Waals surface area contributed by atoms with Crippen molar-refractivity contribution in [1.29, 1.82) is 0 Å². The van der Waals surface area contributed by atoms with E-state index in [1.807, 2.05) is 0 Å². The Morgan fingerprint density at radius 2 is 2.30 bits per heavy atom. The van der Waals surface area contributed by atoms with Gasteiger partial charge in [-0.1, -0.05) is 34.7 Å². The number of aromatic nitrogens is 2. The fraction of sp³-hybridized carbons (Fsp3) is 0.357. The summed E-state index contributed by atoms with van der Waals surface area (Å²) in [5.74, 6) is 0.716. The lowest BCUT2D eigenvalue weighted by Gasteiger charge is -2.07. The van der Waals surface area contributed by atoms with Crippen LogP contribution in [0.3, 0.4) is 0 Å². The van der Waals surface area contributed by atoms with Crippen LogP contribution in [0.2, 0.25) is 5.02 Å². The summed E-state index contributed by atoms with van der Waals surface area (Å²) in [5, 5.41) is 15.5. The Balaban J connectivity index is 1.48. The molecular weight excluding hydrogens is 356 g/mol. The van der Waals surface area contributed by atoms with Gasteiger partial charge in [0.15, 0.2) is 4.34 Å². The lowest BCUT2D eigenvalue weighted by molar-refractivity contribution is -0.113. The molecule has 0 spiro atoms. The number of hydrogen-bond donors (Lipinski definition) is 2. The second-order valence-electron chi connectivity index (χ2n) is 4.98. The van der Waals surface area contributed by atoms with Gasteiger partial charge in [-0.2, -0.15) is 0 Å². The van der Waals surface area contributed by atoms with Crippen LogP contribution in [0.5, 0.6) is 5.75 Å². The molecule has 0 unspecified atom stereocenters. The number of nitrogens with zero attached hydrogens (tertiary/aromatic N) is 2. The van der Waals surface area contributed by atoms with Crippen molar-refractivity contribution in [3.63, 3.8) is 0 Å². The first-order valence-electron chi connectivity index (χ1n) is 7.00. The summed E-state index contributed by atoms with van der Waals surface area (Å²) in [5.41, 5.74) is 0.634. The highest BCUT2D eigenvalue weighted by Crippen LogP contribution is 2.30. The molecule has 1 aromatic carbocycles. The number of thioether (sulfide) groups is 1. The van der Waals surface area contributed by atoms with Gasteiger partial charge in [0.2, 0.25) is 11.0 Å². The molecule has 1 aliphatic carbocycles. The van der Waals surface area contributed by atoms with Crippen LogP contribution in [-0.4, -0.2) is 35.0 Å². The summed E-state index contributed by atoms with van der Waals surface area (Å²) in [6, 6.07) is 5.66. The van der Waals surface area contributed by atoms with Crippen LogP contribution in [0.15, 0.2) is 22.5 Å². The van der Waals surface area contributed by atoms with Crippen LogP contribution in [0.1, 0.15) is 12.8 Å². The third kappa shape index (κ3) is 4.73. The quantitative estimate of drug-likeness (QED) is 0.726. The lowest BCUT2D eigenvalue weighted by Crippen LogP contribution is -2.13. The maximum Gasteiger partial charge on any atom is 0.234 e. The van der Waals surface area contributed by atoms with E-state index in [1.165, 1.54) is 35.9 Å². The van der Waals surface area contributed by atoms with Crippen molar-refractivity contribution in [2.75, 3.05) is 23.5 Å². The van der Waals surface area contributed by atoms with Gasteiger partial charge in [0.1, 0.15) is 5.75 Å². The maximum atomic E-state index is 12.0. The lowest BCUT2D eigenvalue weighted by atomic mass is 10.3. The van der Waals surface area contributed by atoms with Crippen molar-refractivity contribution < 1.29 is 9.53 Å². The maximum absolute atomic E-state index is 12.0. The molecule has 0 radical (unpaired) electrons. The Bertz CT molecular complexity index is 706. The molecule has 0 atom stereocenters. The molecule has 3 rings (SSSR count). The minimum absolute atomic E-state index is 0.122. The summed E-state index contributed by atoms with van der Waals surface area (Å²) in [4.78, 5) is 12.0. The summed E-state index contributed by atoms with van der Waals surface area (Å²) >= 11 is 8.86. The van der Waals surface area contributed by atoms with Gasteiger partial charge in [-0.05, 0) is 31.0 Å². The van der Waals surface area contributed by atoms with E-state index in [9.17, 15) is 4.79 Å². The average Bonchev–Trinajstić information content (AvgIpc) is 3.22. The van der Waals surface area contributed by atoms with Gasteiger partial charge in [0.25, 0.3) is 0 Å². The second-order valence-corrected chi connectivity index (χ2v) is 7.59. The van der Waals surface area contributed by atoms with Crippen molar-refractivity contribution in [1.82, 2.24) is 10.2 Å². The molecule has 2 N–H and O–H groups in total. The predicted octanol–water partition coefficient (Wildman–Crippen LogP) is 3.51. The van der Waals surface area contributed by atoms with Crippen molar-refractivity contribution in [2.24, 2.45) is 0 Å². The number of amides is 1. The Morgan fingerprint density at radius 1 is 1.48 bits per heavy atom. The molecule has 0 saturated heterocycles. The van der Waals surface area contributed by atoms with Crippen molar-refractivity contribution in [2.45, 2.75) is 23.2 Å². The number of ether oxygens (including phenoxy) is 1. The van der Waals surface area contributed by atoms with Crippen LogP contribution in [0.4, 0.5) is 10.8 Å². The predicted molar refractivity (Wildman–Crippen MR) is 93.9 cm³/mol. The first-order valence-corrected chi connectivity index (χ1v) is 9.18. The van der Waals surface area contributed by atoms with Crippen molar-refractivity contribution >= 4 is 51.4 Å². The molecule has 1 heterocycles. The third-order valence-electron chi connectivity index (χ3n) is 3.07. The molecule has 2 aromatic rings. The van der Waals surface area contributed by atoms with Crippen molar-refractivity contribution in [3.8, 4) is 5.75 Å². The number of halogens is 1. The molecule has 23 heavy (non-hydrogen) atoms. The number of anilines is 2. The fourth-order valence-corrected chi connectivity index (χ4v) is 3.68. The van der Waals surface area contributed by atoms with E-state index in [0.717, 1.165) is 9.47 Å². The normalized spacial score (nSPS) is 13.7. The van der Waals surface area contributed by atoms with Crippen LogP contribution >= 0.6 is 34.7 Å². The van der Waals surface area contributed by atoms with Gasteiger partial charge in [-0.15, -0.1) is 10.2 Å². The molecule has 1 fully saturated rings. The smallest absolute Gasteiger partial charge is 0.234 e. The van der Waals surface area contributed by atoms with Gasteiger partial charge < -0.3 is 15.4 Å². The number of benzene rings is 1. The standard InChI is InChI=1S/C14H15ClN4O2S2/c1-21-11-5-4-9(6-10(11)15)16-12(20)7-22-14-19-18-13(23-14)17-8-2-3-8/h4-6,8H,2-3,7H2,1H3,(H,16,20)(H,17,18). The highest BCUT2D eigenvalue weighted by atomic mass is 35.5. The summed E-state index contributed by atoms with van der Waals surface area (Å²) in [6.07, 6.45) is 2.38. The van der Waals surface area contributed by atoms with E-state index in [4.69, 9.17) is 16.3 Å². The summed E-state index contributed by atoms with van der Waals surface area (Å²) in [6.45, 7) is 0. The molecule has 1 aliphatic rings. The monoisotopic (exact) mass is 370 g/mol. The molecule has 1 aromatic heterocycles. The van der Waals surface area contributed by atoms with Gasteiger partial charge in [0, 0.05) is 11.7 Å². The summed E-state index contributed by atoms with van der Waals surface area (Å²) in [7, 11) is 1.55. The molecule has 1 saturated carbocycles. The largest absolute Gasteiger partial charge is 0.495 e. The highest BCUT2D eigenvalue weighted by Gasteiger charge is 2.22. The SMILES string of the molecule is COc1ccc(NC(=O)CSc2nnc(NC3CC3)s2)cc1Cl. The van der Waals surface area contributed by atoms with E-state index < -0.39 is 0 Å². The molecular formula is C14H15ClN4O2S2. The van der Waals surface area contributed by atoms with E-state index >= 15 is 0 Å². The average molecular weight is 371 g/mol. The van der Waals surface area contributed by atoms with Crippen LogP contribution < -0.4 is 15.4 Å². The number of hydrogen-bond acceptors (Lipinski definition) is 7. The van der Waals surface area contributed by atoms with Gasteiger partial charge in [-0.25, -0.2) is 0 Å². The number of nitrogens with one attached hydrogen (secondary N) is 2. The topological polar surface area (TPSA) is 76.1 Å². The molecule has 0 aliphatic heterocycles. The molecule has 9 heteroatoms. The van der Waals surface area contributed by atoms with Crippen LogP contribution in [0, 0.1) is 0 Å². The molecule has 6 nitrogen and oxygen atoms in total. The number of carbonyl (C=O) groups excluding carboxylic acids is 1. The Morgan fingerprint density at radius 3 is 3.00 bits per heavy atom. The van der Waals surface area contributed by atoms with Crippen LogP contribution in [0.25, 0.3) is 0 Å². The molecule has 1 amide bonds. The Labute approximate surface area is 147 Å². The van der Waals surface area contributed by atoms with Gasteiger partial charge in [-0.3, -0.25) is 4.79 Å². The number of rotatable bonds is 7. The zero-order valence-corrected chi connectivity index (χ0v) is 14.7. The highest BCUT2D eigenvalue weighted by molar-refractivity contribution is 8.01.